The molecule has 0 aromatic heterocycles. The van der Waals surface area contributed by atoms with E-state index in [1.165, 1.54) is 0 Å². The number of amides is 1. The molecule has 1 heterocycles. The normalized spacial score (nSPS) is 13.8. The molecule has 1 aromatic carbocycles. The first-order valence-electron chi connectivity index (χ1n) is 5.82. The van der Waals surface area contributed by atoms with E-state index in [9.17, 15) is 4.79 Å². The van der Waals surface area contributed by atoms with Crippen molar-refractivity contribution in [2.75, 3.05) is 25.1 Å². The molecule has 0 bridgehead atoms. The lowest BCUT2D eigenvalue weighted by Crippen LogP contribution is -2.35. The molecular weight excluding hydrogens is 230 g/mol. The van der Waals surface area contributed by atoms with Crippen LogP contribution in [0.25, 0.3) is 0 Å². The highest BCUT2D eigenvalue weighted by Crippen LogP contribution is 2.31. The maximum atomic E-state index is 11.5. The minimum Gasteiger partial charge on any atom is -0.482 e. The van der Waals surface area contributed by atoms with Gasteiger partial charge in [-0.25, -0.2) is 0 Å². The van der Waals surface area contributed by atoms with E-state index in [0.29, 0.717) is 19.5 Å². The molecule has 0 radical (unpaired) electrons. The Morgan fingerprint density at radius 2 is 2.39 bits per heavy atom. The van der Waals surface area contributed by atoms with E-state index in [-0.39, 0.29) is 12.5 Å². The molecule has 94 valence electrons. The molecule has 2 rings (SSSR count). The molecule has 0 spiro atoms. The van der Waals surface area contributed by atoms with Gasteiger partial charge in [-0.2, -0.15) is 5.26 Å². The Balaban J connectivity index is 2.07. The molecule has 0 saturated heterocycles. The Hall–Kier alpha value is -2.06. The quantitative estimate of drug-likeness (QED) is 0.805. The van der Waals surface area contributed by atoms with Crippen LogP contribution in [0.1, 0.15) is 12.0 Å². The van der Waals surface area contributed by atoms with Crippen molar-refractivity contribution in [2.45, 2.75) is 13.0 Å². The molecule has 1 N–H and O–H groups in total. The van der Waals surface area contributed by atoms with Gasteiger partial charge in [0.05, 0.1) is 11.8 Å². The van der Waals surface area contributed by atoms with Gasteiger partial charge in [-0.15, -0.1) is 0 Å². The van der Waals surface area contributed by atoms with E-state index < -0.39 is 0 Å². The third kappa shape index (κ3) is 2.60. The summed E-state index contributed by atoms with van der Waals surface area (Å²) in [5.41, 5.74) is 1.86. The Morgan fingerprint density at radius 3 is 3.17 bits per heavy atom. The summed E-state index contributed by atoms with van der Waals surface area (Å²) in [5, 5.41) is 11.6. The van der Waals surface area contributed by atoms with Crippen LogP contribution in [0, 0.1) is 11.3 Å². The zero-order valence-electron chi connectivity index (χ0n) is 10.3. The number of nitriles is 1. The molecule has 0 unspecified atom stereocenters. The summed E-state index contributed by atoms with van der Waals surface area (Å²) in [6.45, 7) is 1.44. The van der Waals surface area contributed by atoms with Gasteiger partial charge in [0, 0.05) is 26.6 Å². The standard InChI is InChI=1S/C13H15N3O2/c1-16-11-7-10(8-15-6-2-5-14)3-4-12(11)18-9-13(16)17/h3-4,7,15H,2,6,8-9H2,1H3. The topological polar surface area (TPSA) is 65.4 Å². The molecule has 0 fully saturated rings. The van der Waals surface area contributed by atoms with Gasteiger partial charge in [-0.3, -0.25) is 4.79 Å². The summed E-state index contributed by atoms with van der Waals surface area (Å²) in [7, 11) is 1.75. The number of carbonyl (C=O) groups excluding carboxylic acids is 1. The predicted molar refractivity (Wildman–Crippen MR) is 67.3 cm³/mol. The SMILES string of the molecule is CN1C(=O)COc2ccc(CNCCC#N)cc21. The van der Waals surface area contributed by atoms with Gasteiger partial charge >= 0.3 is 0 Å². The van der Waals surface area contributed by atoms with Crippen molar-refractivity contribution in [1.29, 1.82) is 5.26 Å². The molecule has 1 aliphatic heterocycles. The van der Waals surface area contributed by atoms with Crippen LogP contribution in [-0.2, 0) is 11.3 Å². The molecule has 1 aromatic rings. The Bertz CT molecular complexity index is 493. The molecule has 1 amide bonds. The van der Waals surface area contributed by atoms with Crippen LogP contribution in [0.15, 0.2) is 18.2 Å². The van der Waals surface area contributed by atoms with Crippen molar-refractivity contribution in [3.8, 4) is 11.8 Å². The zero-order valence-corrected chi connectivity index (χ0v) is 10.3. The second kappa shape index (κ2) is 5.52. The maximum absolute atomic E-state index is 11.5. The fourth-order valence-electron chi connectivity index (χ4n) is 1.80. The number of fused-ring (bicyclic) bond motifs is 1. The van der Waals surface area contributed by atoms with E-state index in [1.54, 1.807) is 11.9 Å². The highest BCUT2D eigenvalue weighted by Gasteiger charge is 2.21. The fourth-order valence-corrected chi connectivity index (χ4v) is 1.80. The van der Waals surface area contributed by atoms with E-state index in [2.05, 4.69) is 11.4 Å². The first-order valence-corrected chi connectivity index (χ1v) is 5.82. The van der Waals surface area contributed by atoms with Crippen LogP contribution < -0.4 is 15.0 Å². The fraction of sp³-hybridized carbons (Fsp3) is 0.385. The van der Waals surface area contributed by atoms with E-state index in [4.69, 9.17) is 10.00 Å². The third-order valence-corrected chi connectivity index (χ3v) is 2.85. The number of hydrogen-bond donors (Lipinski definition) is 1. The van der Waals surface area contributed by atoms with Crippen molar-refractivity contribution in [2.24, 2.45) is 0 Å². The minimum absolute atomic E-state index is 0.0444. The van der Waals surface area contributed by atoms with Crippen LogP contribution in [0.5, 0.6) is 5.75 Å². The summed E-state index contributed by atoms with van der Waals surface area (Å²) >= 11 is 0. The van der Waals surface area contributed by atoms with Crippen LogP contribution in [0.4, 0.5) is 5.69 Å². The Labute approximate surface area is 106 Å². The van der Waals surface area contributed by atoms with Crippen LogP contribution >= 0.6 is 0 Å². The van der Waals surface area contributed by atoms with Crippen molar-refractivity contribution >= 4 is 11.6 Å². The van der Waals surface area contributed by atoms with Gasteiger partial charge in [0.2, 0.25) is 0 Å². The van der Waals surface area contributed by atoms with Gasteiger partial charge in [-0.05, 0) is 17.7 Å². The van der Waals surface area contributed by atoms with E-state index in [0.717, 1.165) is 17.0 Å². The summed E-state index contributed by atoms with van der Waals surface area (Å²) in [4.78, 5) is 13.1. The van der Waals surface area contributed by atoms with Gasteiger partial charge in [0.25, 0.3) is 5.91 Å². The first kappa shape index (κ1) is 12.4. The number of anilines is 1. The molecule has 0 saturated carbocycles. The van der Waals surface area contributed by atoms with Crippen LogP contribution in [0.3, 0.4) is 0 Å². The predicted octanol–water partition coefficient (Wildman–Crippen LogP) is 1.05. The van der Waals surface area contributed by atoms with Gasteiger partial charge < -0.3 is 15.0 Å². The van der Waals surface area contributed by atoms with Crippen LogP contribution in [0.2, 0.25) is 0 Å². The van der Waals surface area contributed by atoms with Gasteiger partial charge in [-0.1, -0.05) is 6.07 Å². The zero-order chi connectivity index (χ0) is 13.0. The number of ether oxygens (including phenoxy) is 1. The molecule has 1 aliphatic rings. The highest BCUT2D eigenvalue weighted by atomic mass is 16.5. The van der Waals surface area contributed by atoms with Crippen molar-refractivity contribution < 1.29 is 9.53 Å². The summed E-state index contributed by atoms with van der Waals surface area (Å²) in [5.74, 6) is 0.690. The lowest BCUT2D eigenvalue weighted by Gasteiger charge is -2.26. The van der Waals surface area contributed by atoms with Gasteiger partial charge in [0.15, 0.2) is 6.61 Å². The summed E-state index contributed by atoms with van der Waals surface area (Å²) < 4.78 is 5.35. The van der Waals surface area contributed by atoms with E-state index in [1.807, 2.05) is 18.2 Å². The van der Waals surface area contributed by atoms with Crippen molar-refractivity contribution in [3.63, 3.8) is 0 Å². The largest absolute Gasteiger partial charge is 0.482 e. The molecule has 0 aliphatic carbocycles. The molecule has 18 heavy (non-hydrogen) atoms. The molecule has 5 heteroatoms. The van der Waals surface area contributed by atoms with Crippen molar-refractivity contribution in [1.82, 2.24) is 5.32 Å². The number of carbonyl (C=O) groups is 1. The monoisotopic (exact) mass is 245 g/mol. The number of rotatable bonds is 4. The van der Waals surface area contributed by atoms with E-state index >= 15 is 0 Å². The lowest BCUT2D eigenvalue weighted by molar-refractivity contribution is -0.120. The average Bonchev–Trinajstić information content (AvgIpc) is 2.39. The average molecular weight is 245 g/mol. The number of hydrogen-bond acceptors (Lipinski definition) is 4. The molecule has 0 atom stereocenters. The second-order valence-corrected chi connectivity index (χ2v) is 4.13. The van der Waals surface area contributed by atoms with Crippen LogP contribution in [-0.4, -0.2) is 26.1 Å². The Kier molecular flexibility index (Phi) is 3.80. The molecule has 5 nitrogen and oxygen atoms in total. The third-order valence-electron chi connectivity index (χ3n) is 2.85. The Morgan fingerprint density at radius 1 is 1.56 bits per heavy atom. The smallest absolute Gasteiger partial charge is 0.264 e. The number of nitrogens with zero attached hydrogens (tertiary/aromatic N) is 2. The number of likely N-dealkylation sites (N-methyl/N-ethyl adjacent to an activating group) is 1. The minimum atomic E-state index is -0.0444. The van der Waals surface area contributed by atoms with Gasteiger partial charge in [0.1, 0.15) is 5.75 Å². The molecular formula is C13H15N3O2. The highest BCUT2D eigenvalue weighted by molar-refractivity contribution is 5.97. The first-order chi connectivity index (χ1) is 8.72. The maximum Gasteiger partial charge on any atom is 0.264 e. The summed E-state index contributed by atoms with van der Waals surface area (Å²) in [6.07, 6.45) is 0.493. The number of nitrogens with one attached hydrogen (secondary N) is 1. The summed E-state index contributed by atoms with van der Waals surface area (Å²) in [6, 6.07) is 7.85. The lowest BCUT2D eigenvalue weighted by atomic mass is 10.1. The second-order valence-electron chi connectivity index (χ2n) is 4.13. The number of benzene rings is 1. The van der Waals surface area contributed by atoms with Crippen molar-refractivity contribution in [3.05, 3.63) is 23.8 Å².